The second-order valence-corrected chi connectivity index (χ2v) is 5.58. The third kappa shape index (κ3) is 4.15. The Kier molecular flexibility index (Phi) is 4.28. The van der Waals surface area contributed by atoms with Gasteiger partial charge in [-0.15, -0.1) is 0 Å². The van der Waals surface area contributed by atoms with Crippen molar-refractivity contribution in [2.24, 2.45) is 11.3 Å². The van der Waals surface area contributed by atoms with Crippen molar-refractivity contribution >= 4 is 0 Å². The van der Waals surface area contributed by atoms with Gasteiger partial charge in [0.1, 0.15) is 0 Å². The molecule has 1 aliphatic carbocycles. The minimum absolute atomic E-state index is 0.628. The van der Waals surface area contributed by atoms with Crippen LogP contribution in [0.2, 0.25) is 0 Å². The van der Waals surface area contributed by atoms with Gasteiger partial charge < -0.3 is 0 Å². The first-order valence-electron chi connectivity index (χ1n) is 6.14. The Morgan fingerprint density at radius 1 is 1.00 bits per heavy atom. The van der Waals surface area contributed by atoms with E-state index in [2.05, 4.69) is 20.8 Å². The molecule has 0 aliphatic heterocycles. The van der Waals surface area contributed by atoms with Gasteiger partial charge in [-0.2, -0.15) is 0 Å². The average molecular weight is 182 g/mol. The summed E-state index contributed by atoms with van der Waals surface area (Å²) in [5.41, 5.74) is 0.628. The third-order valence-electron chi connectivity index (χ3n) is 3.76. The van der Waals surface area contributed by atoms with Gasteiger partial charge in [0, 0.05) is 0 Å². The maximum Gasteiger partial charge on any atom is -0.0354 e. The third-order valence-corrected chi connectivity index (χ3v) is 3.76. The van der Waals surface area contributed by atoms with Crippen LogP contribution in [0, 0.1) is 11.3 Å². The lowest BCUT2D eigenvalue weighted by atomic mass is 9.83. The fraction of sp³-hybridized carbons (Fsp3) is 1.00. The topological polar surface area (TPSA) is 0 Å². The van der Waals surface area contributed by atoms with Crippen molar-refractivity contribution in [1.29, 1.82) is 0 Å². The van der Waals surface area contributed by atoms with E-state index in [4.69, 9.17) is 0 Å². The molecule has 0 aromatic heterocycles. The normalized spacial score (nSPS) is 30.2. The zero-order valence-corrected chi connectivity index (χ0v) is 9.73. The number of hydrogen-bond donors (Lipinski definition) is 0. The average Bonchev–Trinajstić information content (AvgIpc) is 2.15. The Bertz CT molecular complexity index is 135. The van der Waals surface area contributed by atoms with E-state index in [0.717, 1.165) is 5.92 Å². The predicted molar refractivity (Wildman–Crippen MR) is 59.9 cm³/mol. The minimum Gasteiger partial charge on any atom is -0.0651 e. The van der Waals surface area contributed by atoms with Crippen molar-refractivity contribution in [3.05, 3.63) is 0 Å². The second kappa shape index (κ2) is 5.02. The summed E-state index contributed by atoms with van der Waals surface area (Å²) in [5.74, 6) is 1.04. The van der Waals surface area contributed by atoms with Crippen molar-refractivity contribution in [2.45, 2.75) is 72.1 Å². The molecular formula is C13H26. The highest BCUT2D eigenvalue weighted by Crippen LogP contribution is 2.34. The van der Waals surface area contributed by atoms with Crippen LogP contribution in [-0.2, 0) is 0 Å². The van der Waals surface area contributed by atoms with Gasteiger partial charge in [0.15, 0.2) is 0 Å². The van der Waals surface area contributed by atoms with Crippen molar-refractivity contribution in [3.63, 3.8) is 0 Å². The largest absolute Gasteiger partial charge is 0.0651 e. The molecule has 1 saturated carbocycles. The Labute approximate surface area is 84.1 Å². The summed E-state index contributed by atoms with van der Waals surface area (Å²) in [6.07, 6.45) is 11.7. The van der Waals surface area contributed by atoms with Gasteiger partial charge in [0.05, 0.1) is 0 Å². The fourth-order valence-electron chi connectivity index (χ4n) is 2.58. The lowest BCUT2D eigenvalue weighted by Crippen LogP contribution is -2.10. The Morgan fingerprint density at radius 3 is 2.31 bits per heavy atom. The molecule has 0 aromatic carbocycles. The van der Waals surface area contributed by atoms with E-state index >= 15 is 0 Å². The van der Waals surface area contributed by atoms with Gasteiger partial charge in [-0.3, -0.25) is 0 Å². The van der Waals surface area contributed by atoms with Gasteiger partial charge in [0.25, 0.3) is 0 Å². The van der Waals surface area contributed by atoms with Crippen molar-refractivity contribution in [3.8, 4) is 0 Å². The summed E-state index contributed by atoms with van der Waals surface area (Å²) in [4.78, 5) is 0. The van der Waals surface area contributed by atoms with E-state index in [-0.39, 0.29) is 0 Å². The van der Waals surface area contributed by atoms with Crippen LogP contribution in [0.4, 0.5) is 0 Å². The van der Waals surface area contributed by atoms with Crippen LogP contribution in [-0.4, -0.2) is 0 Å². The Morgan fingerprint density at radius 2 is 1.62 bits per heavy atom. The van der Waals surface area contributed by atoms with Gasteiger partial charge in [-0.25, -0.2) is 0 Å². The minimum atomic E-state index is 0.628. The zero-order chi connectivity index (χ0) is 9.73. The molecule has 1 aliphatic rings. The van der Waals surface area contributed by atoms with Crippen LogP contribution in [0.15, 0.2) is 0 Å². The van der Waals surface area contributed by atoms with Crippen LogP contribution in [0.3, 0.4) is 0 Å². The summed E-state index contributed by atoms with van der Waals surface area (Å²) in [6.45, 7) is 7.24. The first-order chi connectivity index (χ1) is 6.14. The molecule has 0 amide bonds. The summed E-state index contributed by atoms with van der Waals surface area (Å²) in [7, 11) is 0. The monoisotopic (exact) mass is 182 g/mol. The summed E-state index contributed by atoms with van der Waals surface area (Å²) < 4.78 is 0. The smallest absolute Gasteiger partial charge is 0.0354 e. The Balaban J connectivity index is 2.38. The molecule has 0 saturated heterocycles. The van der Waals surface area contributed by atoms with Gasteiger partial charge in [-0.1, -0.05) is 59.3 Å². The van der Waals surface area contributed by atoms with Crippen LogP contribution in [0.5, 0.6) is 0 Å². The molecule has 0 bridgehead atoms. The fourth-order valence-corrected chi connectivity index (χ4v) is 2.58. The van der Waals surface area contributed by atoms with E-state index in [1.807, 2.05) is 0 Å². The van der Waals surface area contributed by atoms with Crippen molar-refractivity contribution in [1.82, 2.24) is 0 Å². The number of rotatable bonds is 1. The quantitative estimate of drug-likeness (QED) is 0.547. The molecule has 13 heavy (non-hydrogen) atoms. The van der Waals surface area contributed by atoms with Crippen molar-refractivity contribution < 1.29 is 0 Å². The molecule has 0 radical (unpaired) electrons. The van der Waals surface area contributed by atoms with Gasteiger partial charge in [-0.05, 0) is 24.2 Å². The highest BCUT2D eigenvalue weighted by molar-refractivity contribution is 4.72. The van der Waals surface area contributed by atoms with E-state index in [1.54, 1.807) is 0 Å². The van der Waals surface area contributed by atoms with Gasteiger partial charge in [0.2, 0.25) is 0 Å². The molecule has 0 aromatic rings. The first kappa shape index (κ1) is 11.1. The maximum atomic E-state index is 2.44. The van der Waals surface area contributed by atoms with E-state index in [0.29, 0.717) is 5.41 Å². The maximum absolute atomic E-state index is 2.44. The first-order valence-corrected chi connectivity index (χ1v) is 6.14. The van der Waals surface area contributed by atoms with E-state index in [1.165, 1.54) is 51.4 Å². The van der Waals surface area contributed by atoms with Crippen LogP contribution in [0.25, 0.3) is 0 Å². The number of hydrogen-bond acceptors (Lipinski definition) is 0. The molecule has 1 atom stereocenters. The molecule has 0 heterocycles. The highest BCUT2D eigenvalue weighted by atomic mass is 14.3. The lowest BCUT2D eigenvalue weighted by molar-refractivity contribution is 0.291. The van der Waals surface area contributed by atoms with Crippen molar-refractivity contribution in [2.75, 3.05) is 0 Å². The molecule has 78 valence electrons. The van der Waals surface area contributed by atoms with E-state index < -0.39 is 0 Å². The molecule has 1 unspecified atom stereocenters. The highest BCUT2D eigenvalue weighted by Gasteiger charge is 2.19. The summed E-state index contributed by atoms with van der Waals surface area (Å²) >= 11 is 0. The molecule has 0 N–H and O–H groups in total. The summed E-state index contributed by atoms with van der Waals surface area (Å²) in [5, 5.41) is 0. The second-order valence-electron chi connectivity index (χ2n) is 5.58. The van der Waals surface area contributed by atoms with Crippen LogP contribution >= 0.6 is 0 Å². The SMILES string of the molecule is CCC1CCCCC(C)(C)CCC1. The predicted octanol–water partition coefficient (Wildman–Crippen LogP) is 4.78. The zero-order valence-electron chi connectivity index (χ0n) is 9.73. The molecule has 0 heteroatoms. The van der Waals surface area contributed by atoms with Gasteiger partial charge >= 0.3 is 0 Å². The van der Waals surface area contributed by atoms with Crippen LogP contribution < -0.4 is 0 Å². The molecule has 1 fully saturated rings. The Hall–Kier alpha value is 0. The summed E-state index contributed by atoms with van der Waals surface area (Å²) in [6, 6.07) is 0. The standard InChI is InChI=1S/C13H26/c1-4-12-8-5-6-10-13(2,3)11-7-9-12/h12H,4-11H2,1-3H3. The molecule has 0 spiro atoms. The van der Waals surface area contributed by atoms with E-state index in [9.17, 15) is 0 Å². The molecular weight excluding hydrogens is 156 g/mol. The lowest BCUT2D eigenvalue weighted by Gasteiger charge is -2.23. The molecule has 0 nitrogen and oxygen atoms in total. The van der Waals surface area contributed by atoms with Crippen LogP contribution in [0.1, 0.15) is 72.1 Å². The molecule has 1 rings (SSSR count).